The summed E-state index contributed by atoms with van der Waals surface area (Å²) in [5.74, 6) is 0.672. The average molecular weight is 352 g/mol. The molecule has 0 saturated carbocycles. The summed E-state index contributed by atoms with van der Waals surface area (Å²) >= 11 is 0. The van der Waals surface area contributed by atoms with Gasteiger partial charge in [0.25, 0.3) is 0 Å². The Labute approximate surface area is 158 Å². The number of fused-ring (bicyclic) bond motifs is 2. The third-order valence-corrected chi connectivity index (χ3v) is 5.81. The van der Waals surface area contributed by atoms with Crippen molar-refractivity contribution in [3.63, 3.8) is 0 Å². The van der Waals surface area contributed by atoms with E-state index in [-0.39, 0.29) is 11.2 Å². The lowest BCUT2D eigenvalue weighted by Gasteiger charge is -2.39. The fourth-order valence-electron chi connectivity index (χ4n) is 4.72. The first-order chi connectivity index (χ1) is 13.2. The molecule has 2 heteroatoms. The molecular formula is C25H20O2. The fraction of sp³-hybridized carbons (Fsp3) is 0.160. The molecule has 0 aromatic heterocycles. The van der Waals surface area contributed by atoms with Crippen molar-refractivity contribution in [2.45, 2.75) is 18.3 Å². The molecule has 0 heterocycles. The number of allylic oxidation sites excluding steroid dienone is 2. The van der Waals surface area contributed by atoms with Gasteiger partial charge >= 0.3 is 0 Å². The quantitative estimate of drug-likeness (QED) is 0.606. The van der Waals surface area contributed by atoms with E-state index in [4.69, 9.17) is 4.74 Å². The first kappa shape index (κ1) is 16.1. The van der Waals surface area contributed by atoms with Crippen molar-refractivity contribution in [3.05, 3.63) is 102 Å². The third kappa shape index (κ3) is 2.37. The van der Waals surface area contributed by atoms with Crippen LogP contribution in [0.25, 0.3) is 10.8 Å². The second-order valence-electron chi connectivity index (χ2n) is 7.42. The zero-order valence-corrected chi connectivity index (χ0v) is 15.1. The van der Waals surface area contributed by atoms with Gasteiger partial charge in [-0.3, -0.25) is 4.79 Å². The molecule has 27 heavy (non-hydrogen) atoms. The SMILES string of the molecule is C=CCOc1cccc2c1C(=O)C=CC21Cc2cccc3cccc(c23)C1. The minimum atomic E-state index is -0.209. The van der Waals surface area contributed by atoms with E-state index in [1.807, 2.05) is 12.1 Å². The van der Waals surface area contributed by atoms with E-state index < -0.39 is 0 Å². The van der Waals surface area contributed by atoms with Gasteiger partial charge in [-0.05, 0) is 52.4 Å². The van der Waals surface area contributed by atoms with Crippen molar-refractivity contribution in [2.24, 2.45) is 0 Å². The van der Waals surface area contributed by atoms with Gasteiger partial charge in [0.05, 0.1) is 5.56 Å². The maximum absolute atomic E-state index is 12.7. The Balaban J connectivity index is 1.70. The first-order valence-corrected chi connectivity index (χ1v) is 9.32. The van der Waals surface area contributed by atoms with Crippen LogP contribution in [0, 0.1) is 0 Å². The summed E-state index contributed by atoms with van der Waals surface area (Å²) in [7, 11) is 0. The summed E-state index contributed by atoms with van der Waals surface area (Å²) < 4.78 is 5.81. The van der Waals surface area contributed by atoms with E-state index in [0.717, 1.165) is 18.4 Å². The lowest BCUT2D eigenvalue weighted by atomic mass is 9.63. The molecule has 0 aliphatic heterocycles. The molecule has 2 aliphatic rings. The maximum Gasteiger partial charge on any atom is 0.189 e. The van der Waals surface area contributed by atoms with E-state index in [1.165, 1.54) is 21.9 Å². The van der Waals surface area contributed by atoms with Crippen LogP contribution in [-0.2, 0) is 18.3 Å². The van der Waals surface area contributed by atoms with Crippen molar-refractivity contribution >= 4 is 16.6 Å². The van der Waals surface area contributed by atoms with Gasteiger partial charge in [0.1, 0.15) is 12.4 Å². The van der Waals surface area contributed by atoms with E-state index in [9.17, 15) is 4.79 Å². The molecule has 0 fully saturated rings. The molecule has 3 aromatic rings. The van der Waals surface area contributed by atoms with Crippen LogP contribution in [0.3, 0.4) is 0 Å². The Kier molecular flexibility index (Phi) is 3.54. The second-order valence-corrected chi connectivity index (χ2v) is 7.42. The van der Waals surface area contributed by atoms with Crippen LogP contribution < -0.4 is 4.74 Å². The fourth-order valence-corrected chi connectivity index (χ4v) is 4.72. The van der Waals surface area contributed by atoms with Crippen LogP contribution in [0.15, 0.2) is 79.4 Å². The van der Waals surface area contributed by atoms with Gasteiger partial charge in [-0.1, -0.05) is 67.3 Å². The monoisotopic (exact) mass is 352 g/mol. The van der Waals surface area contributed by atoms with Gasteiger partial charge in [0, 0.05) is 5.41 Å². The summed E-state index contributed by atoms with van der Waals surface area (Å²) in [5, 5.41) is 2.66. The molecule has 0 N–H and O–H groups in total. The normalized spacial score (nSPS) is 16.4. The van der Waals surface area contributed by atoms with Gasteiger partial charge in [-0.15, -0.1) is 0 Å². The highest BCUT2D eigenvalue weighted by molar-refractivity contribution is 6.09. The molecule has 2 aliphatic carbocycles. The van der Waals surface area contributed by atoms with Crippen LogP contribution >= 0.6 is 0 Å². The number of rotatable bonds is 3. The molecule has 0 saturated heterocycles. The van der Waals surface area contributed by atoms with Crippen LogP contribution in [0.2, 0.25) is 0 Å². The van der Waals surface area contributed by atoms with Crippen LogP contribution in [-0.4, -0.2) is 12.4 Å². The molecule has 1 spiro atoms. The molecule has 3 aromatic carbocycles. The van der Waals surface area contributed by atoms with Gasteiger partial charge < -0.3 is 4.74 Å². The summed E-state index contributed by atoms with van der Waals surface area (Å²) in [6.45, 7) is 4.10. The predicted octanol–water partition coefficient (Wildman–Crippen LogP) is 5.19. The van der Waals surface area contributed by atoms with Gasteiger partial charge in [0.15, 0.2) is 5.78 Å². The number of benzene rings is 3. The predicted molar refractivity (Wildman–Crippen MR) is 109 cm³/mol. The minimum Gasteiger partial charge on any atom is -0.489 e. The second kappa shape index (κ2) is 5.95. The largest absolute Gasteiger partial charge is 0.489 e. The minimum absolute atomic E-state index is 0.0207. The highest BCUT2D eigenvalue weighted by atomic mass is 16.5. The number of carbonyl (C=O) groups is 1. The Morgan fingerprint density at radius 3 is 2.41 bits per heavy atom. The zero-order chi connectivity index (χ0) is 18.4. The van der Waals surface area contributed by atoms with Crippen molar-refractivity contribution in [1.29, 1.82) is 0 Å². The lowest BCUT2D eigenvalue weighted by Crippen LogP contribution is -2.36. The van der Waals surface area contributed by atoms with Gasteiger partial charge in [-0.25, -0.2) is 0 Å². The molecule has 0 radical (unpaired) electrons. The summed E-state index contributed by atoms with van der Waals surface area (Å²) in [6, 6.07) is 19.0. The van der Waals surface area contributed by atoms with E-state index in [1.54, 1.807) is 12.2 Å². The van der Waals surface area contributed by atoms with E-state index in [0.29, 0.717) is 17.9 Å². The Bertz CT molecular complexity index is 1080. The number of carbonyl (C=O) groups excluding carboxylic acids is 1. The smallest absolute Gasteiger partial charge is 0.189 e. The average Bonchev–Trinajstić information content (AvgIpc) is 2.70. The molecule has 5 rings (SSSR count). The van der Waals surface area contributed by atoms with E-state index >= 15 is 0 Å². The van der Waals surface area contributed by atoms with Crippen molar-refractivity contribution in [3.8, 4) is 5.75 Å². The van der Waals surface area contributed by atoms with Crippen molar-refractivity contribution < 1.29 is 9.53 Å². The maximum atomic E-state index is 12.7. The van der Waals surface area contributed by atoms with Crippen LogP contribution in [0.4, 0.5) is 0 Å². The number of ether oxygens (including phenoxy) is 1. The Morgan fingerprint density at radius 1 is 1.00 bits per heavy atom. The highest BCUT2D eigenvalue weighted by Gasteiger charge is 2.40. The molecule has 0 atom stereocenters. The highest BCUT2D eigenvalue weighted by Crippen LogP contribution is 2.46. The number of ketones is 1. The molecule has 0 bridgehead atoms. The molecule has 0 amide bonds. The molecule has 2 nitrogen and oxygen atoms in total. The standard InChI is InChI=1S/C25H20O2/c1-2-14-27-22-11-5-10-20-24(22)21(26)12-13-25(20)15-18-8-3-6-17-7-4-9-19(16-25)23(17)18/h2-13H,1,14-16H2. The molecular weight excluding hydrogens is 332 g/mol. The summed E-state index contributed by atoms with van der Waals surface area (Å²) in [4.78, 5) is 12.7. The third-order valence-electron chi connectivity index (χ3n) is 5.81. The van der Waals surface area contributed by atoms with Crippen LogP contribution in [0.5, 0.6) is 5.75 Å². The molecule has 132 valence electrons. The Morgan fingerprint density at radius 2 is 1.70 bits per heavy atom. The zero-order valence-electron chi connectivity index (χ0n) is 15.1. The summed E-state index contributed by atoms with van der Waals surface area (Å²) in [5.41, 5.74) is 4.25. The summed E-state index contributed by atoms with van der Waals surface area (Å²) in [6.07, 6.45) is 7.34. The number of hydrogen-bond acceptors (Lipinski definition) is 2. The van der Waals surface area contributed by atoms with Crippen LogP contribution in [0.1, 0.15) is 27.0 Å². The number of hydrogen-bond donors (Lipinski definition) is 0. The van der Waals surface area contributed by atoms with Crippen molar-refractivity contribution in [1.82, 2.24) is 0 Å². The lowest BCUT2D eigenvalue weighted by molar-refractivity contribution is 0.103. The van der Waals surface area contributed by atoms with Crippen molar-refractivity contribution in [2.75, 3.05) is 6.61 Å². The topological polar surface area (TPSA) is 26.3 Å². The first-order valence-electron chi connectivity index (χ1n) is 9.32. The van der Waals surface area contributed by atoms with Gasteiger partial charge in [-0.2, -0.15) is 0 Å². The van der Waals surface area contributed by atoms with E-state index in [2.05, 4.69) is 55.1 Å². The molecule has 0 unspecified atom stereocenters. The van der Waals surface area contributed by atoms with Gasteiger partial charge in [0.2, 0.25) is 0 Å². The Hall–Kier alpha value is -3.13.